The molecule has 118 valence electrons. The quantitative estimate of drug-likeness (QED) is 0.364. The summed E-state index contributed by atoms with van der Waals surface area (Å²) in [7, 11) is -4.42. The van der Waals surface area contributed by atoms with E-state index in [9.17, 15) is 14.7 Å². The third-order valence-corrected chi connectivity index (χ3v) is 7.14. The van der Waals surface area contributed by atoms with Gasteiger partial charge in [-0.3, -0.25) is 0 Å². The van der Waals surface area contributed by atoms with Gasteiger partial charge in [0.25, 0.3) is 0 Å². The van der Waals surface area contributed by atoms with Gasteiger partial charge in [0.1, 0.15) is 0 Å². The first-order valence-corrected chi connectivity index (χ1v) is 10.5. The van der Waals surface area contributed by atoms with Gasteiger partial charge in [-0.2, -0.15) is 0 Å². The van der Waals surface area contributed by atoms with Crippen LogP contribution >= 0.6 is 7.28 Å². The molecule has 0 heterocycles. The molecule has 0 fully saturated rings. The fraction of sp³-hybridized carbons (Fsp3) is 1.00. The molecule has 3 nitrogen and oxygen atoms in total. The molecule has 3 N–H and O–H groups in total. The number of unbranched alkanes of at least 4 members (excludes halogenated alkanes) is 5. The zero-order valence-electron chi connectivity index (χ0n) is 13.1. The van der Waals surface area contributed by atoms with E-state index in [1.54, 1.807) is 0 Å². The Bertz CT molecular complexity index is 223. The summed E-state index contributed by atoms with van der Waals surface area (Å²) >= 11 is 0. The first kappa shape index (κ1) is 19.3. The van der Waals surface area contributed by atoms with Gasteiger partial charge >= 0.3 is 119 Å². The Morgan fingerprint density at radius 2 is 1.26 bits per heavy atom. The van der Waals surface area contributed by atoms with Gasteiger partial charge in [0.15, 0.2) is 0 Å². The summed E-state index contributed by atoms with van der Waals surface area (Å²) < 4.78 is 0. The van der Waals surface area contributed by atoms with Crippen LogP contribution in [0.1, 0.15) is 85.0 Å². The molecule has 0 bridgehead atoms. The Hall–Kier alpha value is 0.310. The second-order valence-electron chi connectivity index (χ2n) is 5.94. The molecular weight excluding hydrogens is 259 g/mol. The van der Waals surface area contributed by atoms with Crippen LogP contribution in [0.5, 0.6) is 0 Å². The molecule has 0 aromatic rings. The van der Waals surface area contributed by atoms with Crippen molar-refractivity contribution < 1.29 is 14.7 Å². The Morgan fingerprint density at radius 3 is 1.79 bits per heavy atom. The maximum absolute atomic E-state index is 10.3. The summed E-state index contributed by atoms with van der Waals surface area (Å²) in [5.74, 6) is 0. The standard InChI is InChI=1S/C15H35O3P/c1-4-7-9-10-11-13-15(12-6-3)19(16,17,18)14-8-5-2/h15-18H,4-14H2,1-3H3. The molecule has 0 aliphatic heterocycles. The summed E-state index contributed by atoms with van der Waals surface area (Å²) in [5, 5.41) is 0. The van der Waals surface area contributed by atoms with Crippen molar-refractivity contribution in [2.45, 2.75) is 90.6 Å². The molecule has 1 unspecified atom stereocenters. The maximum atomic E-state index is 10.3. The Labute approximate surface area is 119 Å². The van der Waals surface area contributed by atoms with E-state index in [0.29, 0.717) is 6.42 Å². The molecule has 0 amide bonds. The van der Waals surface area contributed by atoms with Crippen LogP contribution < -0.4 is 0 Å². The molecular formula is C15H35O3P. The van der Waals surface area contributed by atoms with Crippen molar-refractivity contribution in [1.82, 2.24) is 0 Å². The van der Waals surface area contributed by atoms with Gasteiger partial charge in [-0.15, -0.1) is 0 Å². The van der Waals surface area contributed by atoms with Crippen LogP contribution in [-0.2, 0) is 0 Å². The van der Waals surface area contributed by atoms with Crippen LogP contribution in [0.25, 0.3) is 0 Å². The molecule has 0 aromatic carbocycles. The Morgan fingerprint density at radius 1 is 0.684 bits per heavy atom. The van der Waals surface area contributed by atoms with Gasteiger partial charge < -0.3 is 0 Å². The van der Waals surface area contributed by atoms with Gasteiger partial charge in [-0.25, -0.2) is 0 Å². The van der Waals surface area contributed by atoms with Crippen molar-refractivity contribution in [2.24, 2.45) is 0 Å². The van der Waals surface area contributed by atoms with Gasteiger partial charge in [0, 0.05) is 0 Å². The normalized spacial score (nSPS) is 16.0. The summed E-state index contributed by atoms with van der Waals surface area (Å²) in [4.78, 5) is 31.0. The van der Waals surface area contributed by atoms with Crippen LogP contribution in [-0.4, -0.2) is 26.5 Å². The molecule has 4 heteroatoms. The average molecular weight is 294 g/mol. The van der Waals surface area contributed by atoms with E-state index in [4.69, 9.17) is 0 Å². The first-order chi connectivity index (χ1) is 8.85. The summed E-state index contributed by atoms with van der Waals surface area (Å²) in [5.41, 5.74) is -0.302. The van der Waals surface area contributed by atoms with Crippen molar-refractivity contribution in [1.29, 1.82) is 0 Å². The van der Waals surface area contributed by atoms with Gasteiger partial charge in [0.2, 0.25) is 0 Å². The van der Waals surface area contributed by atoms with Crippen LogP contribution in [0.2, 0.25) is 0 Å². The topological polar surface area (TPSA) is 60.7 Å². The summed E-state index contributed by atoms with van der Waals surface area (Å²) in [6.45, 7) is 6.23. The summed E-state index contributed by atoms with van der Waals surface area (Å²) in [6, 6.07) is 0. The van der Waals surface area contributed by atoms with Crippen molar-refractivity contribution in [2.75, 3.05) is 6.16 Å². The molecule has 0 rings (SSSR count). The zero-order valence-corrected chi connectivity index (χ0v) is 14.0. The predicted molar refractivity (Wildman–Crippen MR) is 85.4 cm³/mol. The molecule has 0 saturated heterocycles. The zero-order chi connectivity index (χ0) is 14.8. The van der Waals surface area contributed by atoms with E-state index < -0.39 is 7.28 Å². The second kappa shape index (κ2) is 9.28. The van der Waals surface area contributed by atoms with Crippen LogP contribution in [0, 0.1) is 0 Å². The van der Waals surface area contributed by atoms with Crippen molar-refractivity contribution in [3.63, 3.8) is 0 Å². The predicted octanol–water partition coefficient (Wildman–Crippen LogP) is 4.59. The van der Waals surface area contributed by atoms with Crippen molar-refractivity contribution in [3.05, 3.63) is 0 Å². The first-order valence-electron chi connectivity index (χ1n) is 8.11. The fourth-order valence-corrected chi connectivity index (χ4v) is 5.42. The van der Waals surface area contributed by atoms with Gasteiger partial charge in [-0.1, -0.05) is 0 Å². The van der Waals surface area contributed by atoms with Gasteiger partial charge in [-0.05, 0) is 0 Å². The molecule has 1 atom stereocenters. The van der Waals surface area contributed by atoms with Gasteiger partial charge in [0.05, 0.1) is 0 Å². The van der Waals surface area contributed by atoms with E-state index in [0.717, 1.165) is 38.5 Å². The van der Waals surface area contributed by atoms with E-state index in [1.165, 1.54) is 19.3 Å². The van der Waals surface area contributed by atoms with E-state index >= 15 is 0 Å². The molecule has 0 aliphatic rings. The third-order valence-electron chi connectivity index (χ3n) is 3.95. The Kier molecular flexibility index (Phi) is 9.43. The molecule has 0 spiro atoms. The molecule has 0 radical (unpaired) electrons. The van der Waals surface area contributed by atoms with Crippen LogP contribution in [0.15, 0.2) is 0 Å². The average Bonchev–Trinajstić information content (AvgIpc) is 2.34. The number of hydrogen-bond donors (Lipinski definition) is 3. The van der Waals surface area contributed by atoms with Crippen molar-refractivity contribution >= 4 is 7.28 Å². The monoisotopic (exact) mass is 294 g/mol. The molecule has 0 saturated carbocycles. The number of hydrogen-bond acceptors (Lipinski definition) is 3. The minimum absolute atomic E-state index is 0.182. The SMILES string of the molecule is CCCCCCCC(CCC)P(O)(O)(O)CCCC. The van der Waals surface area contributed by atoms with Crippen LogP contribution in [0.3, 0.4) is 0 Å². The Balaban J connectivity index is 4.34. The number of rotatable bonds is 12. The second-order valence-corrected chi connectivity index (χ2v) is 9.56. The summed E-state index contributed by atoms with van der Waals surface area (Å²) in [6.07, 6.45) is 9.93. The van der Waals surface area contributed by atoms with E-state index in [1.807, 2.05) is 13.8 Å². The fourth-order valence-electron chi connectivity index (χ4n) is 2.63. The molecule has 0 aromatic heterocycles. The molecule has 0 aliphatic carbocycles. The van der Waals surface area contributed by atoms with Crippen molar-refractivity contribution in [3.8, 4) is 0 Å². The van der Waals surface area contributed by atoms with E-state index in [-0.39, 0.29) is 11.8 Å². The van der Waals surface area contributed by atoms with Crippen LogP contribution in [0.4, 0.5) is 0 Å². The molecule has 19 heavy (non-hydrogen) atoms. The van der Waals surface area contributed by atoms with E-state index in [2.05, 4.69) is 6.92 Å². The minimum atomic E-state index is -4.42. The third kappa shape index (κ3) is 8.24.